The van der Waals surface area contributed by atoms with Crippen LogP contribution in [0.3, 0.4) is 0 Å². The molecule has 0 aromatic heterocycles. The zero-order valence-corrected chi connectivity index (χ0v) is 9.12. The Hall–Kier alpha value is -1.76. The summed E-state index contributed by atoms with van der Waals surface area (Å²) in [6, 6.07) is 14.6. The first-order chi connectivity index (χ1) is 7.18. The molecule has 1 nitrogen and oxygen atoms in total. The van der Waals surface area contributed by atoms with Crippen LogP contribution in [-0.2, 0) is 0 Å². The van der Waals surface area contributed by atoms with Gasteiger partial charge in [0.05, 0.1) is 0 Å². The van der Waals surface area contributed by atoms with Crippen molar-refractivity contribution < 1.29 is 0 Å². The summed E-state index contributed by atoms with van der Waals surface area (Å²) in [5, 5.41) is 0. The van der Waals surface area contributed by atoms with Crippen molar-refractivity contribution in [2.24, 2.45) is 0 Å². The van der Waals surface area contributed by atoms with Gasteiger partial charge in [-0.25, -0.2) is 0 Å². The fourth-order valence-corrected chi connectivity index (χ4v) is 1.70. The lowest BCUT2D eigenvalue weighted by atomic mass is 9.99. The average Bonchev–Trinajstić information content (AvgIpc) is 2.23. The molecule has 0 amide bonds. The fraction of sp³-hybridized carbons (Fsp3) is 0.143. The Morgan fingerprint density at radius 2 is 1.60 bits per heavy atom. The molecule has 0 fully saturated rings. The summed E-state index contributed by atoms with van der Waals surface area (Å²) in [7, 11) is 0. The summed E-state index contributed by atoms with van der Waals surface area (Å²) in [6.07, 6.45) is 0. The average molecular weight is 197 g/mol. The van der Waals surface area contributed by atoms with Crippen molar-refractivity contribution in [3.8, 4) is 11.1 Å². The molecule has 0 heterocycles. The summed E-state index contributed by atoms with van der Waals surface area (Å²) < 4.78 is 0. The summed E-state index contributed by atoms with van der Waals surface area (Å²) in [4.78, 5) is 0. The Kier molecular flexibility index (Phi) is 2.46. The maximum atomic E-state index is 5.91. The van der Waals surface area contributed by atoms with Crippen LogP contribution in [-0.4, -0.2) is 0 Å². The number of benzene rings is 2. The molecular formula is C14H15N. The van der Waals surface area contributed by atoms with Crippen LogP contribution in [0.4, 0.5) is 5.69 Å². The van der Waals surface area contributed by atoms with Gasteiger partial charge in [0, 0.05) is 5.69 Å². The molecule has 0 aliphatic heterocycles. The Labute approximate surface area is 90.6 Å². The largest absolute Gasteiger partial charge is 0.398 e. The molecule has 0 saturated heterocycles. The van der Waals surface area contributed by atoms with Gasteiger partial charge in [0.15, 0.2) is 0 Å². The van der Waals surface area contributed by atoms with Crippen molar-refractivity contribution in [1.29, 1.82) is 0 Å². The van der Waals surface area contributed by atoms with Crippen LogP contribution >= 0.6 is 0 Å². The third kappa shape index (κ3) is 1.86. The molecule has 15 heavy (non-hydrogen) atoms. The van der Waals surface area contributed by atoms with E-state index in [4.69, 9.17) is 5.73 Å². The van der Waals surface area contributed by atoms with E-state index in [1.807, 2.05) is 13.0 Å². The number of hydrogen-bond donors (Lipinski definition) is 1. The quantitative estimate of drug-likeness (QED) is 0.695. The van der Waals surface area contributed by atoms with Gasteiger partial charge in [0.25, 0.3) is 0 Å². The number of nitrogens with two attached hydrogens (primary N) is 1. The zero-order chi connectivity index (χ0) is 10.8. The minimum atomic E-state index is 0.857. The van der Waals surface area contributed by atoms with Gasteiger partial charge in [-0.2, -0.15) is 0 Å². The Morgan fingerprint density at radius 3 is 2.27 bits per heavy atom. The lowest BCUT2D eigenvalue weighted by Crippen LogP contribution is -1.90. The Balaban J connectivity index is 2.55. The van der Waals surface area contributed by atoms with Crippen molar-refractivity contribution in [1.82, 2.24) is 0 Å². The molecule has 2 aromatic carbocycles. The highest BCUT2D eigenvalue weighted by molar-refractivity contribution is 5.71. The van der Waals surface area contributed by atoms with E-state index in [9.17, 15) is 0 Å². The van der Waals surface area contributed by atoms with E-state index in [1.54, 1.807) is 0 Å². The summed E-state index contributed by atoms with van der Waals surface area (Å²) in [5.74, 6) is 0. The van der Waals surface area contributed by atoms with E-state index < -0.39 is 0 Å². The predicted octanol–water partition coefficient (Wildman–Crippen LogP) is 3.55. The second-order valence-electron chi connectivity index (χ2n) is 3.89. The molecule has 2 aromatic rings. The van der Waals surface area contributed by atoms with Gasteiger partial charge in [-0.15, -0.1) is 0 Å². The SMILES string of the molecule is Cc1ccc(-c2ccccc2C)cc1N. The van der Waals surface area contributed by atoms with Crippen LogP contribution in [0.25, 0.3) is 11.1 Å². The first kappa shape index (κ1) is 9.78. The lowest BCUT2D eigenvalue weighted by molar-refractivity contribution is 1.43. The summed E-state index contributed by atoms with van der Waals surface area (Å²) in [6.45, 7) is 4.14. The topological polar surface area (TPSA) is 26.0 Å². The number of hydrogen-bond acceptors (Lipinski definition) is 1. The highest BCUT2D eigenvalue weighted by Gasteiger charge is 2.02. The molecule has 2 rings (SSSR count). The van der Waals surface area contributed by atoms with Gasteiger partial charge in [0.2, 0.25) is 0 Å². The van der Waals surface area contributed by atoms with E-state index >= 15 is 0 Å². The highest BCUT2D eigenvalue weighted by Crippen LogP contribution is 2.26. The van der Waals surface area contributed by atoms with E-state index in [0.717, 1.165) is 11.3 Å². The predicted molar refractivity (Wildman–Crippen MR) is 65.8 cm³/mol. The Bertz CT molecular complexity index is 486. The van der Waals surface area contributed by atoms with Gasteiger partial charge in [-0.3, -0.25) is 0 Å². The molecule has 0 spiro atoms. The third-order valence-corrected chi connectivity index (χ3v) is 2.74. The molecule has 2 N–H and O–H groups in total. The van der Waals surface area contributed by atoms with Crippen molar-refractivity contribution in [3.63, 3.8) is 0 Å². The van der Waals surface area contributed by atoms with Gasteiger partial charge in [-0.05, 0) is 42.2 Å². The molecule has 0 aliphatic carbocycles. The van der Waals surface area contributed by atoms with Gasteiger partial charge >= 0.3 is 0 Å². The van der Waals surface area contributed by atoms with Crippen LogP contribution in [0, 0.1) is 13.8 Å². The van der Waals surface area contributed by atoms with Crippen LogP contribution in [0.2, 0.25) is 0 Å². The maximum Gasteiger partial charge on any atom is 0.0349 e. The van der Waals surface area contributed by atoms with E-state index in [0.29, 0.717) is 0 Å². The summed E-state index contributed by atoms with van der Waals surface area (Å²) >= 11 is 0. The van der Waals surface area contributed by atoms with Crippen LogP contribution in [0.15, 0.2) is 42.5 Å². The normalized spacial score (nSPS) is 10.3. The van der Waals surface area contributed by atoms with Crippen LogP contribution in [0.5, 0.6) is 0 Å². The van der Waals surface area contributed by atoms with E-state index in [2.05, 4.69) is 43.3 Å². The van der Waals surface area contributed by atoms with Gasteiger partial charge < -0.3 is 5.73 Å². The molecule has 0 atom stereocenters. The monoisotopic (exact) mass is 197 g/mol. The number of rotatable bonds is 1. The van der Waals surface area contributed by atoms with Gasteiger partial charge in [0.1, 0.15) is 0 Å². The molecule has 0 radical (unpaired) electrons. The van der Waals surface area contributed by atoms with Crippen molar-refractivity contribution >= 4 is 5.69 Å². The minimum Gasteiger partial charge on any atom is -0.398 e. The van der Waals surface area contributed by atoms with Crippen LogP contribution < -0.4 is 5.73 Å². The molecule has 0 bridgehead atoms. The lowest BCUT2D eigenvalue weighted by Gasteiger charge is -2.07. The first-order valence-electron chi connectivity index (χ1n) is 5.10. The zero-order valence-electron chi connectivity index (χ0n) is 9.12. The molecule has 0 aliphatic rings. The highest BCUT2D eigenvalue weighted by atomic mass is 14.6. The van der Waals surface area contributed by atoms with Gasteiger partial charge in [-0.1, -0.05) is 36.4 Å². The van der Waals surface area contributed by atoms with E-state index in [1.165, 1.54) is 16.7 Å². The molecular weight excluding hydrogens is 182 g/mol. The second kappa shape index (κ2) is 3.77. The first-order valence-corrected chi connectivity index (χ1v) is 5.10. The molecule has 76 valence electrons. The van der Waals surface area contributed by atoms with Crippen molar-refractivity contribution in [2.45, 2.75) is 13.8 Å². The standard InChI is InChI=1S/C14H15N/c1-10-5-3-4-6-13(10)12-8-7-11(2)14(15)9-12/h3-9H,15H2,1-2H3. The maximum absolute atomic E-state index is 5.91. The fourth-order valence-electron chi connectivity index (χ4n) is 1.70. The summed E-state index contributed by atoms with van der Waals surface area (Å²) in [5.41, 5.74) is 11.6. The Morgan fingerprint density at radius 1 is 0.867 bits per heavy atom. The second-order valence-corrected chi connectivity index (χ2v) is 3.89. The third-order valence-electron chi connectivity index (χ3n) is 2.74. The molecule has 0 saturated carbocycles. The molecule has 1 heteroatoms. The number of anilines is 1. The number of aryl methyl sites for hydroxylation is 2. The molecule has 0 unspecified atom stereocenters. The van der Waals surface area contributed by atoms with E-state index in [-0.39, 0.29) is 0 Å². The van der Waals surface area contributed by atoms with Crippen LogP contribution in [0.1, 0.15) is 11.1 Å². The van der Waals surface area contributed by atoms with Crippen molar-refractivity contribution in [2.75, 3.05) is 5.73 Å². The smallest absolute Gasteiger partial charge is 0.0349 e. The number of nitrogen functional groups attached to an aromatic ring is 1. The minimum absolute atomic E-state index is 0.857. The van der Waals surface area contributed by atoms with Crippen molar-refractivity contribution in [3.05, 3.63) is 53.6 Å².